The number of aromatic hydroxyl groups is 1. The van der Waals surface area contributed by atoms with E-state index in [-0.39, 0.29) is 17.1 Å². The number of benzene rings is 2. The molecule has 1 aliphatic heterocycles. The number of anilines is 1. The van der Waals surface area contributed by atoms with Crippen LogP contribution in [0.5, 0.6) is 11.5 Å². The molecule has 0 saturated carbocycles. The summed E-state index contributed by atoms with van der Waals surface area (Å²) in [5.74, 6) is -0.987. The normalized spacial score (nSPS) is 17.1. The lowest BCUT2D eigenvalue weighted by Crippen LogP contribution is -2.30. The molecule has 2 N–H and O–H groups in total. The van der Waals surface area contributed by atoms with Gasteiger partial charge in [-0.3, -0.25) is 14.5 Å². The maximum atomic E-state index is 12.6. The highest BCUT2D eigenvalue weighted by molar-refractivity contribution is 6.16. The maximum Gasteiger partial charge on any atom is 0.294 e. The van der Waals surface area contributed by atoms with Crippen molar-refractivity contribution in [3.63, 3.8) is 0 Å². The molecule has 0 saturated heterocycles. The van der Waals surface area contributed by atoms with Crippen LogP contribution in [0.1, 0.15) is 18.5 Å². The van der Waals surface area contributed by atoms with Crippen molar-refractivity contribution >= 4 is 17.4 Å². The molecule has 1 amide bonds. The summed E-state index contributed by atoms with van der Waals surface area (Å²) in [4.78, 5) is 26.1. The second kappa shape index (κ2) is 6.32. The number of aliphatic hydroxyl groups excluding tert-OH is 1. The highest BCUT2D eigenvalue weighted by Gasteiger charge is 2.43. The molecule has 0 fully saturated rings. The van der Waals surface area contributed by atoms with Gasteiger partial charge in [-0.2, -0.15) is 0 Å². The molecule has 128 valence electrons. The molecule has 0 radical (unpaired) electrons. The zero-order valence-corrected chi connectivity index (χ0v) is 13.8. The first kappa shape index (κ1) is 16.6. The molecule has 6 nitrogen and oxygen atoms in total. The van der Waals surface area contributed by atoms with Crippen molar-refractivity contribution in [1.29, 1.82) is 0 Å². The molecule has 0 unspecified atom stereocenters. The molecular formula is C19H17NO5. The molecule has 0 bridgehead atoms. The molecule has 1 aliphatic rings. The van der Waals surface area contributed by atoms with Crippen LogP contribution in [-0.2, 0) is 9.59 Å². The van der Waals surface area contributed by atoms with E-state index in [1.807, 2.05) is 0 Å². The number of hydrogen-bond acceptors (Lipinski definition) is 5. The average molecular weight is 339 g/mol. The van der Waals surface area contributed by atoms with E-state index in [0.717, 1.165) is 0 Å². The van der Waals surface area contributed by atoms with Gasteiger partial charge in [-0.05, 0) is 48.9 Å². The number of aliphatic hydroxyl groups is 1. The van der Waals surface area contributed by atoms with Crippen molar-refractivity contribution in [2.45, 2.75) is 13.0 Å². The largest absolute Gasteiger partial charge is 0.508 e. The molecule has 25 heavy (non-hydrogen) atoms. The fourth-order valence-corrected chi connectivity index (χ4v) is 2.97. The lowest BCUT2D eigenvalue weighted by atomic mass is 9.96. The van der Waals surface area contributed by atoms with Crippen LogP contribution in [0.4, 0.5) is 5.69 Å². The van der Waals surface area contributed by atoms with Crippen LogP contribution in [0.25, 0.3) is 0 Å². The van der Waals surface area contributed by atoms with Crippen LogP contribution in [0.3, 0.4) is 0 Å². The number of rotatable bonds is 4. The predicted molar refractivity (Wildman–Crippen MR) is 91.7 cm³/mol. The summed E-state index contributed by atoms with van der Waals surface area (Å²) in [6.45, 7) is 1.31. The highest BCUT2D eigenvalue weighted by Crippen LogP contribution is 2.41. The monoisotopic (exact) mass is 339 g/mol. The first-order valence-electron chi connectivity index (χ1n) is 7.64. The van der Waals surface area contributed by atoms with Crippen molar-refractivity contribution in [2.75, 3.05) is 12.0 Å². The van der Waals surface area contributed by atoms with Crippen LogP contribution in [-0.4, -0.2) is 29.0 Å². The number of phenolic OH excluding ortho intramolecular Hbond substituents is 1. The van der Waals surface area contributed by atoms with Gasteiger partial charge in [0, 0.05) is 5.69 Å². The Kier molecular flexibility index (Phi) is 4.19. The first-order valence-corrected chi connectivity index (χ1v) is 7.64. The molecule has 6 heteroatoms. The summed E-state index contributed by atoms with van der Waals surface area (Å²) in [6.07, 6.45) is 0. The Labute approximate surface area is 144 Å². The molecule has 1 heterocycles. The van der Waals surface area contributed by atoms with Crippen molar-refractivity contribution in [1.82, 2.24) is 0 Å². The van der Waals surface area contributed by atoms with E-state index >= 15 is 0 Å². The molecular weight excluding hydrogens is 322 g/mol. The third-order valence-corrected chi connectivity index (χ3v) is 4.12. The van der Waals surface area contributed by atoms with Gasteiger partial charge in [0.25, 0.3) is 5.91 Å². The fraction of sp³-hybridized carbons (Fsp3) is 0.158. The second-order valence-electron chi connectivity index (χ2n) is 5.69. The summed E-state index contributed by atoms with van der Waals surface area (Å²) >= 11 is 0. The predicted octanol–water partition coefficient (Wildman–Crippen LogP) is 2.89. The Morgan fingerprint density at radius 2 is 1.80 bits per heavy atom. The number of Topliss-reactive ketones (excluding diaryl/α,β-unsaturated/α-hetero) is 1. The number of phenols is 1. The van der Waals surface area contributed by atoms with Crippen LogP contribution >= 0.6 is 0 Å². The number of hydrogen-bond donors (Lipinski definition) is 2. The zero-order valence-electron chi connectivity index (χ0n) is 13.8. The van der Waals surface area contributed by atoms with Crippen LogP contribution in [0, 0.1) is 0 Å². The average Bonchev–Trinajstić information content (AvgIpc) is 2.87. The number of ketones is 1. The lowest BCUT2D eigenvalue weighted by molar-refractivity contribution is -0.117. The number of amides is 1. The number of methoxy groups -OCH3 is 1. The number of carbonyl (C=O) groups is 2. The van der Waals surface area contributed by atoms with E-state index in [1.54, 1.807) is 36.4 Å². The zero-order chi connectivity index (χ0) is 18.1. The number of ether oxygens (including phenoxy) is 1. The molecule has 1 atom stereocenters. The Morgan fingerprint density at radius 3 is 2.40 bits per heavy atom. The molecule has 2 aromatic rings. The minimum atomic E-state index is -0.773. The van der Waals surface area contributed by atoms with Gasteiger partial charge in [-0.1, -0.05) is 12.1 Å². The molecule has 0 spiro atoms. The van der Waals surface area contributed by atoms with E-state index in [0.29, 0.717) is 17.0 Å². The maximum absolute atomic E-state index is 12.6. The first-order chi connectivity index (χ1) is 11.9. The van der Waals surface area contributed by atoms with Gasteiger partial charge in [-0.25, -0.2) is 0 Å². The summed E-state index contributed by atoms with van der Waals surface area (Å²) in [5.41, 5.74) is 1.12. The second-order valence-corrected chi connectivity index (χ2v) is 5.69. The SMILES string of the molecule is COc1cccc([C@H]2C(C(C)=O)=C(O)C(=O)N2c2ccc(O)cc2)c1. The van der Waals surface area contributed by atoms with Gasteiger partial charge in [0.1, 0.15) is 11.5 Å². The molecule has 2 aromatic carbocycles. The third-order valence-electron chi connectivity index (χ3n) is 4.12. The van der Waals surface area contributed by atoms with E-state index in [2.05, 4.69) is 0 Å². The third kappa shape index (κ3) is 2.82. The summed E-state index contributed by atoms with van der Waals surface area (Å²) in [6, 6.07) is 12.2. The van der Waals surface area contributed by atoms with Gasteiger partial charge in [0.15, 0.2) is 11.5 Å². The van der Waals surface area contributed by atoms with Gasteiger partial charge < -0.3 is 14.9 Å². The standard InChI is InChI=1S/C19H17NO5/c1-11(21)16-17(12-4-3-5-15(10-12)25-2)20(19(24)18(16)23)13-6-8-14(22)9-7-13/h3-10,17,22-23H,1-2H3/t17-/m0/s1. The van der Waals surface area contributed by atoms with Crippen LogP contribution in [0.2, 0.25) is 0 Å². The van der Waals surface area contributed by atoms with E-state index in [4.69, 9.17) is 4.74 Å². The summed E-state index contributed by atoms with van der Waals surface area (Å²) in [7, 11) is 1.52. The van der Waals surface area contributed by atoms with Crippen molar-refractivity contribution in [3.8, 4) is 11.5 Å². The summed E-state index contributed by atoms with van der Waals surface area (Å²) < 4.78 is 5.22. The molecule has 3 rings (SSSR count). The quantitative estimate of drug-likeness (QED) is 0.894. The topological polar surface area (TPSA) is 87.1 Å². The lowest BCUT2D eigenvalue weighted by Gasteiger charge is -2.27. The highest BCUT2D eigenvalue weighted by atomic mass is 16.5. The minimum Gasteiger partial charge on any atom is -0.508 e. The number of carbonyl (C=O) groups excluding carboxylic acids is 2. The fourth-order valence-electron chi connectivity index (χ4n) is 2.97. The summed E-state index contributed by atoms with van der Waals surface area (Å²) in [5, 5.41) is 19.7. The van der Waals surface area contributed by atoms with Gasteiger partial charge >= 0.3 is 0 Å². The van der Waals surface area contributed by atoms with Crippen LogP contribution in [0.15, 0.2) is 59.9 Å². The Hall–Kier alpha value is -3.28. The van der Waals surface area contributed by atoms with Crippen molar-refractivity contribution < 1.29 is 24.5 Å². The van der Waals surface area contributed by atoms with Crippen molar-refractivity contribution in [3.05, 3.63) is 65.4 Å². The van der Waals surface area contributed by atoms with Gasteiger partial charge in [0.05, 0.1) is 18.7 Å². The van der Waals surface area contributed by atoms with E-state index < -0.39 is 17.7 Å². The Bertz CT molecular complexity index is 870. The van der Waals surface area contributed by atoms with Gasteiger partial charge in [0.2, 0.25) is 0 Å². The van der Waals surface area contributed by atoms with Crippen molar-refractivity contribution in [2.24, 2.45) is 0 Å². The smallest absolute Gasteiger partial charge is 0.294 e. The number of nitrogens with zero attached hydrogens (tertiary/aromatic N) is 1. The van der Waals surface area contributed by atoms with Gasteiger partial charge in [-0.15, -0.1) is 0 Å². The minimum absolute atomic E-state index is 0.0336. The Morgan fingerprint density at radius 1 is 1.12 bits per heavy atom. The molecule has 0 aromatic heterocycles. The molecule has 0 aliphatic carbocycles. The Balaban J connectivity index is 2.17. The van der Waals surface area contributed by atoms with E-state index in [9.17, 15) is 19.8 Å². The van der Waals surface area contributed by atoms with Crippen LogP contribution < -0.4 is 9.64 Å². The van der Waals surface area contributed by atoms with E-state index in [1.165, 1.54) is 31.1 Å².